The van der Waals surface area contributed by atoms with Crippen LogP contribution in [0.5, 0.6) is 0 Å². The normalized spacial score (nSPS) is 27.0. The predicted molar refractivity (Wildman–Crippen MR) is 51.5 cm³/mol. The van der Waals surface area contributed by atoms with Crippen molar-refractivity contribution in [1.29, 1.82) is 0 Å². The topological polar surface area (TPSA) is 48.2 Å². The highest BCUT2D eigenvalue weighted by atomic mass is 35.5. The first kappa shape index (κ1) is 9.93. The number of hydrogen-bond acceptors (Lipinski definition) is 4. The van der Waals surface area contributed by atoms with Crippen molar-refractivity contribution < 1.29 is 9.15 Å². The van der Waals surface area contributed by atoms with E-state index in [9.17, 15) is 0 Å². The van der Waals surface area contributed by atoms with Gasteiger partial charge in [-0.15, -0.1) is 21.8 Å². The number of halogens is 1. The van der Waals surface area contributed by atoms with E-state index in [4.69, 9.17) is 20.8 Å². The van der Waals surface area contributed by atoms with Gasteiger partial charge in [-0.1, -0.05) is 0 Å². The van der Waals surface area contributed by atoms with E-state index < -0.39 is 0 Å². The summed E-state index contributed by atoms with van der Waals surface area (Å²) in [6, 6.07) is 0. The van der Waals surface area contributed by atoms with Gasteiger partial charge in [0.15, 0.2) is 0 Å². The maximum Gasteiger partial charge on any atom is 0.222 e. The van der Waals surface area contributed by atoms with E-state index in [1.807, 2.05) is 0 Å². The van der Waals surface area contributed by atoms with Crippen LogP contribution in [0.2, 0.25) is 0 Å². The minimum absolute atomic E-state index is 0.265. The number of rotatable bonds is 3. The third kappa shape index (κ3) is 2.07. The maximum atomic E-state index is 5.58. The molecule has 14 heavy (non-hydrogen) atoms. The first-order chi connectivity index (χ1) is 6.79. The largest absolute Gasteiger partial charge is 0.425 e. The van der Waals surface area contributed by atoms with Crippen molar-refractivity contribution in [2.24, 2.45) is 0 Å². The number of alkyl halides is 1. The smallest absolute Gasteiger partial charge is 0.222 e. The summed E-state index contributed by atoms with van der Waals surface area (Å²) in [5.41, 5.74) is 0. The highest BCUT2D eigenvalue weighted by molar-refractivity contribution is 6.17. The van der Waals surface area contributed by atoms with Crippen LogP contribution in [0.25, 0.3) is 0 Å². The van der Waals surface area contributed by atoms with Gasteiger partial charge in [-0.2, -0.15) is 0 Å². The summed E-state index contributed by atoms with van der Waals surface area (Å²) in [4.78, 5) is 0. The zero-order chi connectivity index (χ0) is 9.97. The fraction of sp³-hybridized carbons (Fsp3) is 0.778. The van der Waals surface area contributed by atoms with Gasteiger partial charge < -0.3 is 9.15 Å². The second-order valence-electron chi connectivity index (χ2n) is 3.55. The molecule has 0 spiro atoms. The van der Waals surface area contributed by atoms with Gasteiger partial charge >= 0.3 is 0 Å². The molecule has 0 radical (unpaired) electrons. The lowest BCUT2D eigenvalue weighted by Gasteiger charge is -1.98. The van der Waals surface area contributed by atoms with E-state index in [1.54, 1.807) is 0 Å². The fourth-order valence-corrected chi connectivity index (χ4v) is 1.76. The molecule has 2 heterocycles. The molecule has 0 bridgehead atoms. The van der Waals surface area contributed by atoms with Gasteiger partial charge in [0.25, 0.3) is 0 Å². The first-order valence-electron chi connectivity index (χ1n) is 4.79. The van der Waals surface area contributed by atoms with Crippen LogP contribution in [-0.4, -0.2) is 28.8 Å². The molecule has 0 aliphatic carbocycles. The second kappa shape index (κ2) is 4.28. The van der Waals surface area contributed by atoms with Crippen molar-refractivity contribution in [2.75, 3.05) is 12.5 Å². The number of nitrogens with zero attached hydrogens (tertiary/aromatic N) is 2. The summed E-state index contributed by atoms with van der Waals surface area (Å²) in [7, 11) is 0. The van der Waals surface area contributed by atoms with Crippen molar-refractivity contribution in [2.45, 2.75) is 31.8 Å². The highest BCUT2D eigenvalue weighted by Gasteiger charge is 2.27. The van der Waals surface area contributed by atoms with Crippen LogP contribution in [0, 0.1) is 0 Å². The van der Waals surface area contributed by atoms with E-state index in [2.05, 4.69) is 17.1 Å². The van der Waals surface area contributed by atoms with Crippen LogP contribution in [-0.2, 0) is 11.2 Å². The first-order valence-corrected chi connectivity index (χ1v) is 5.33. The van der Waals surface area contributed by atoms with E-state index in [0.717, 1.165) is 6.42 Å². The van der Waals surface area contributed by atoms with Crippen molar-refractivity contribution in [3.63, 3.8) is 0 Å². The average molecular weight is 217 g/mol. The number of aromatic nitrogens is 2. The molecule has 1 fully saturated rings. The standard InChI is InChI=1S/C9H13ClN2O2/c1-6-4-7(5-13-6)9-12-11-8(14-9)2-3-10/h6-7H,2-5H2,1H3. The molecular formula is C9H13ClN2O2. The second-order valence-corrected chi connectivity index (χ2v) is 3.93. The third-order valence-corrected chi connectivity index (χ3v) is 2.53. The monoisotopic (exact) mass is 216 g/mol. The molecule has 1 aromatic rings. The molecule has 1 aliphatic rings. The molecule has 0 N–H and O–H groups in total. The van der Waals surface area contributed by atoms with Gasteiger partial charge in [-0.25, -0.2) is 0 Å². The van der Waals surface area contributed by atoms with Crippen LogP contribution >= 0.6 is 11.6 Å². The molecule has 1 aliphatic heterocycles. The Morgan fingerprint density at radius 1 is 1.50 bits per heavy atom. The minimum Gasteiger partial charge on any atom is -0.425 e. The fourth-order valence-electron chi connectivity index (χ4n) is 1.60. The minimum atomic E-state index is 0.265. The summed E-state index contributed by atoms with van der Waals surface area (Å²) in [6.45, 7) is 2.74. The van der Waals surface area contributed by atoms with E-state index in [-0.39, 0.29) is 5.92 Å². The Balaban J connectivity index is 2.02. The van der Waals surface area contributed by atoms with Gasteiger partial charge in [-0.3, -0.25) is 0 Å². The van der Waals surface area contributed by atoms with Crippen molar-refractivity contribution in [3.05, 3.63) is 11.8 Å². The summed E-state index contributed by atoms with van der Waals surface area (Å²) < 4.78 is 10.9. The summed E-state index contributed by atoms with van der Waals surface area (Å²) in [5, 5.41) is 7.91. The predicted octanol–water partition coefficient (Wildman–Crippen LogP) is 1.74. The van der Waals surface area contributed by atoms with Crippen LogP contribution in [0.1, 0.15) is 31.0 Å². The molecule has 78 valence electrons. The van der Waals surface area contributed by atoms with Crippen molar-refractivity contribution in [1.82, 2.24) is 10.2 Å². The number of ether oxygens (including phenoxy) is 1. The van der Waals surface area contributed by atoms with Crippen LogP contribution in [0.4, 0.5) is 0 Å². The van der Waals surface area contributed by atoms with E-state index >= 15 is 0 Å². The Bertz CT molecular complexity index is 303. The molecule has 1 saturated heterocycles. The van der Waals surface area contributed by atoms with Crippen molar-refractivity contribution >= 4 is 11.6 Å². The van der Waals surface area contributed by atoms with Gasteiger partial charge in [0.2, 0.25) is 11.8 Å². The molecule has 1 aromatic heterocycles. The Kier molecular flexibility index (Phi) is 3.03. The molecule has 2 rings (SSSR count). The average Bonchev–Trinajstić information content (AvgIpc) is 2.74. The molecule has 0 aromatic carbocycles. The molecular weight excluding hydrogens is 204 g/mol. The van der Waals surface area contributed by atoms with Crippen LogP contribution in [0.15, 0.2) is 4.42 Å². The summed E-state index contributed by atoms with van der Waals surface area (Å²) >= 11 is 5.58. The summed E-state index contributed by atoms with van der Waals surface area (Å²) in [5.74, 6) is 2.09. The Hall–Kier alpha value is -0.610. The zero-order valence-corrected chi connectivity index (χ0v) is 8.83. The lowest BCUT2D eigenvalue weighted by molar-refractivity contribution is 0.122. The summed E-state index contributed by atoms with van der Waals surface area (Å²) in [6.07, 6.45) is 1.89. The maximum absolute atomic E-state index is 5.58. The molecule has 2 atom stereocenters. The molecule has 5 heteroatoms. The number of hydrogen-bond donors (Lipinski definition) is 0. The molecule has 0 amide bonds. The third-order valence-electron chi connectivity index (χ3n) is 2.34. The molecule has 4 nitrogen and oxygen atoms in total. The molecule has 0 saturated carbocycles. The zero-order valence-electron chi connectivity index (χ0n) is 8.07. The van der Waals surface area contributed by atoms with Gasteiger partial charge in [0.1, 0.15) is 0 Å². The quantitative estimate of drug-likeness (QED) is 0.723. The Labute approximate surface area is 87.6 Å². The van der Waals surface area contributed by atoms with E-state index in [1.165, 1.54) is 0 Å². The van der Waals surface area contributed by atoms with E-state index in [0.29, 0.717) is 36.8 Å². The molecule has 2 unspecified atom stereocenters. The van der Waals surface area contributed by atoms with Crippen LogP contribution in [0.3, 0.4) is 0 Å². The highest BCUT2D eigenvalue weighted by Crippen LogP contribution is 2.28. The van der Waals surface area contributed by atoms with Crippen molar-refractivity contribution in [3.8, 4) is 0 Å². The van der Waals surface area contributed by atoms with Gasteiger partial charge in [-0.05, 0) is 13.3 Å². The lowest BCUT2D eigenvalue weighted by Crippen LogP contribution is -1.98. The van der Waals surface area contributed by atoms with Crippen LogP contribution < -0.4 is 0 Å². The lowest BCUT2D eigenvalue weighted by atomic mass is 10.1. The number of aryl methyl sites for hydroxylation is 1. The van der Waals surface area contributed by atoms with Gasteiger partial charge in [0, 0.05) is 12.3 Å². The van der Waals surface area contributed by atoms with Gasteiger partial charge in [0.05, 0.1) is 18.6 Å². The Morgan fingerprint density at radius 3 is 3.00 bits per heavy atom. The SMILES string of the molecule is CC1CC(c2nnc(CCCl)o2)CO1. The Morgan fingerprint density at radius 2 is 2.36 bits per heavy atom.